The fourth-order valence-corrected chi connectivity index (χ4v) is 5.03. The van der Waals surface area contributed by atoms with Gasteiger partial charge in [0.25, 0.3) is 5.91 Å². The summed E-state index contributed by atoms with van der Waals surface area (Å²) in [5, 5.41) is 16.5. The van der Waals surface area contributed by atoms with Crippen LogP contribution >= 0.6 is 11.6 Å². The van der Waals surface area contributed by atoms with E-state index in [0.717, 1.165) is 29.8 Å². The van der Waals surface area contributed by atoms with E-state index >= 15 is 0 Å². The molecule has 4 heterocycles. The van der Waals surface area contributed by atoms with Crippen LogP contribution in [0.1, 0.15) is 64.9 Å². The van der Waals surface area contributed by atoms with Crippen LogP contribution in [0.25, 0.3) is 5.65 Å². The fourth-order valence-electron chi connectivity index (χ4n) is 4.90. The Kier molecular flexibility index (Phi) is 5.22. The number of aryl methyl sites for hydroxylation is 2. The minimum atomic E-state index is -0.609. The molecule has 6 rings (SSSR count). The molecule has 4 aromatic rings. The quantitative estimate of drug-likeness (QED) is 0.424. The van der Waals surface area contributed by atoms with Crippen LogP contribution in [-0.2, 0) is 11.8 Å². The molecule has 1 aliphatic heterocycles. The summed E-state index contributed by atoms with van der Waals surface area (Å²) in [5.74, 6) is 0.789. The van der Waals surface area contributed by atoms with Crippen molar-refractivity contribution in [1.82, 2.24) is 24.4 Å². The van der Waals surface area contributed by atoms with Gasteiger partial charge in [0.15, 0.2) is 5.65 Å². The number of fused-ring (bicyclic) bond motifs is 2. The molecule has 1 N–H and O–H groups in total. The highest BCUT2D eigenvalue weighted by Gasteiger charge is 2.46. The Morgan fingerprint density at radius 3 is 2.67 bits per heavy atom. The molecule has 1 unspecified atom stereocenters. The van der Waals surface area contributed by atoms with Gasteiger partial charge < -0.3 is 4.74 Å². The predicted molar refractivity (Wildman–Crippen MR) is 134 cm³/mol. The van der Waals surface area contributed by atoms with Gasteiger partial charge in [-0.3, -0.25) is 24.1 Å². The Bertz CT molecular complexity index is 1520. The van der Waals surface area contributed by atoms with E-state index in [-0.39, 0.29) is 12.5 Å². The Morgan fingerprint density at radius 1 is 1.22 bits per heavy atom. The van der Waals surface area contributed by atoms with Crippen LogP contribution < -0.4 is 10.2 Å². The van der Waals surface area contributed by atoms with Gasteiger partial charge in [-0.25, -0.2) is 4.79 Å². The van der Waals surface area contributed by atoms with Crippen LogP contribution in [0.3, 0.4) is 0 Å². The van der Waals surface area contributed by atoms with Crippen LogP contribution in [0.5, 0.6) is 0 Å². The van der Waals surface area contributed by atoms with Crippen molar-refractivity contribution in [2.75, 3.05) is 16.8 Å². The summed E-state index contributed by atoms with van der Waals surface area (Å²) < 4.78 is 8.66. The van der Waals surface area contributed by atoms with Gasteiger partial charge in [-0.2, -0.15) is 5.10 Å². The molecule has 3 aromatic heterocycles. The van der Waals surface area contributed by atoms with E-state index in [4.69, 9.17) is 21.4 Å². The number of ether oxygens (including phenoxy) is 1. The topological polar surface area (TPSA) is 107 Å². The smallest absolute Gasteiger partial charge is 0.411 e. The number of halogens is 1. The zero-order chi connectivity index (χ0) is 25.1. The molecule has 0 bridgehead atoms. The molecule has 1 fully saturated rings. The molecule has 0 saturated heterocycles. The largest absolute Gasteiger partial charge is 0.450 e. The molecule has 1 aromatic carbocycles. The first-order chi connectivity index (χ1) is 17.4. The number of anilines is 2. The third kappa shape index (κ3) is 3.51. The van der Waals surface area contributed by atoms with E-state index in [1.165, 1.54) is 0 Å². The number of hydrogen-bond acceptors (Lipinski definition) is 6. The molecule has 1 aliphatic carbocycles. The number of amides is 2. The number of nitrogens with zero attached hydrogens (tertiary/aromatic N) is 6. The number of hydrogen-bond donors (Lipinski definition) is 1. The van der Waals surface area contributed by atoms with Crippen LogP contribution in [0.4, 0.5) is 16.2 Å². The number of aromatic nitrogens is 5. The molecule has 11 heteroatoms. The molecule has 2 amide bonds. The first-order valence-corrected chi connectivity index (χ1v) is 12.2. The highest BCUT2D eigenvalue weighted by molar-refractivity contribution is 6.30. The molecule has 1 saturated carbocycles. The minimum Gasteiger partial charge on any atom is -0.450 e. The highest BCUT2D eigenvalue weighted by Crippen LogP contribution is 2.49. The summed E-state index contributed by atoms with van der Waals surface area (Å²) >= 11 is 6.18. The number of rotatable bonds is 5. The normalized spacial score (nSPS) is 17.1. The van der Waals surface area contributed by atoms with E-state index in [2.05, 4.69) is 15.5 Å². The van der Waals surface area contributed by atoms with Gasteiger partial charge in [0.2, 0.25) is 0 Å². The second-order valence-electron chi connectivity index (χ2n) is 9.07. The number of carbonyl (C=O) groups excluding carboxylic acids is 2. The molecule has 184 valence electrons. The first-order valence-electron chi connectivity index (χ1n) is 11.8. The van der Waals surface area contributed by atoms with Crippen LogP contribution in [0.2, 0.25) is 5.02 Å². The number of pyridine rings is 1. The summed E-state index contributed by atoms with van der Waals surface area (Å²) in [6.07, 6.45) is 3.27. The van der Waals surface area contributed by atoms with Gasteiger partial charge >= 0.3 is 6.09 Å². The third-order valence-corrected chi connectivity index (χ3v) is 6.92. The first kappa shape index (κ1) is 22.5. The molecule has 0 radical (unpaired) electrons. The lowest BCUT2D eigenvalue weighted by Crippen LogP contribution is -2.30. The lowest BCUT2D eigenvalue weighted by atomic mass is 10.0. The Balaban J connectivity index is 1.55. The van der Waals surface area contributed by atoms with Crippen molar-refractivity contribution in [3.63, 3.8) is 0 Å². The summed E-state index contributed by atoms with van der Waals surface area (Å²) in [6.45, 7) is 3.77. The fraction of sp³-hybridized carbons (Fsp3) is 0.320. The lowest BCUT2D eigenvalue weighted by molar-refractivity contribution is 0.0992. The number of nitrogens with one attached hydrogen (secondary N) is 1. The summed E-state index contributed by atoms with van der Waals surface area (Å²) in [5.41, 5.74) is 4.68. The van der Waals surface area contributed by atoms with Crippen molar-refractivity contribution in [3.8, 4) is 0 Å². The Labute approximate surface area is 211 Å². The average Bonchev–Trinajstić information content (AvgIpc) is 3.45. The van der Waals surface area contributed by atoms with Crippen molar-refractivity contribution < 1.29 is 14.3 Å². The Hall–Kier alpha value is -3.92. The summed E-state index contributed by atoms with van der Waals surface area (Å²) in [6, 6.07) is 8.78. The van der Waals surface area contributed by atoms with Crippen LogP contribution in [-0.4, -0.2) is 43.0 Å². The van der Waals surface area contributed by atoms with Crippen molar-refractivity contribution in [2.45, 2.75) is 38.6 Å². The average molecular weight is 506 g/mol. The van der Waals surface area contributed by atoms with Crippen molar-refractivity contribution in [3.05, 3.63) is 69.9 Å². The third-order valence-electron chi connectivity index (χ3n) is 6.67. The van der Waals surface area contributed by atoms with Gasteiger partial charge in [0.1, 0.15) is 11.9 Å². The van der Waals surface area contributed by atoms with E-state index in [1.807, 2.05) is 49.1 Å². The van der Waals surface area contributed by atoms with Gasteiger partial charge in [-0.05, 0) is 50.5 Å². The molecular weight excluding hydrogens is 482 g/mol. The van der Waals surface area contributed by atoms with E-state index < -0.39 is 12.1 Å². The second kappa shape index (κ2) is 8.34. The van der Waals surface area contributed by atoms with E-state index in [1.54, 1.807) is 22.3 Å². The van der Waals surface area contributed by atoms with Gasteiger partial charge in [-0.1, -0.05) is 23.7 Å². The maximum Gasteiger partial charge on any atom is 0.411 e. The molecule has 2 aliphatic rings. The lowest BCUT2D eigenvalue weighted by Gasteiger charge is -2.27. The standard InChI is InChI=1S/C25H24ClN7O3/c1-4-36-25(35)27-18-11-17(12-32-13(2)28-29-23(18)32)33-21(15-7-9-16(26)10-8-15)22-19(24(33)34)20(14-5-6-14)30-31(22)3/h7-12,14,21H,4-6H2,1-3H3,(H,27,35). The maximum absolute atomic E-state index is 14.1. The Morgan fingerprint density at radius 2 is 1.97 bits per heavy atom. The maximum atomic E-state index is 14.1. The SMILES string of the molecule is CCOC(=O)Nc1cc(N2C(=O)c3c(C4CC4)nn(C)c3C2c2ccc(Cl)cc2)cn2c(C)nnc12. The van der Waals surface area contributed by atoms with E-state index in [9.17, 15) is 9.59 Å². The molecule has 1 atom stereocenters. The highest BCUT2D eigenvalue weighted by atomic mass is 35.5. The van der Waals surface area contributed by atoms with Crippen LogP contribution in [0, 0.1) is 6.92 Å². The van der Waals surface area contributed by atoms with Gasteiger partial charge in [0, 0.05) is 24.2 Å². The van der Waals surface area contributed by atoms with Crippen molar-refractivity contribution in [1.29, 1.82) is 0 Å². The monoisotopic (exact) mass is 505 g/mol. The van der Waals surface area contributed by atoms with E-state index in [0.29, 0.717) is 39.4 Å². The van der Waals surface area contributed by atoms with Gasteiger partial charge in [-0.15, -0.1) is 10.2 Å². The zero-order valence-electron chi connectivity index (χ0n) is 20.0. The predicted octanol–water partition coefficient (Wildman–Crippen LogP) is 4.62. The summed E-state index contributed by atoms with van der Waals surface area (Å²) in [7, 11) is 1.88. The van der Waals surface area contributed by atoms with Crippen molar-refractivity contribution >= 4 is 40.6 Å². The number of benzene rings is 1. The molecular formula is C25H24ClN7O3. The second-order valence-corrected chi connectivity index (χ2v) is 9.51. The zero-order valence-corrected chi connectivity index (χ0v) is 20.8. The molecule has 0 spiro atoms. The minimum absolute atomic E-state index is 0.132. The molecule has 36 heavy (non-hydrogen) atoms. The van der Waals surface area contributed by atoms with Gasteiger partial charge in [0.05, 0.1) is 34.9 Å². The summed E-state index contributed by atoms with van der Waals surface area (Å²) in [4.78, 5) is 28.1. The number of carbonyl (C=O) groups is 2. The van der Waals surface area contributed by atoms with Crippen molar-refractivity contribution in [2.24, 2.45) is 7.05 Å². The molecule has 10 nitrogen and oxygen atoms in total. The van der Waals surface area contributed by atoms with Crippen LogP contribution in [0.15, 0.2) is 36.5 Å².